The van der Waals surface area contributed by atoms with E-state index >= 15 is 0 Å². The van der Waals surface area contributed by atoms with E-state index in [9.17, 15) is 20.1 Å². The van der Waals surface area contributed by atoms with E-state index in [1.807, 2.05) is 6.08 Å². The van der Waals surface area contributed by atoms with E-state index in [4.69, 9.17) is 0 Å². The summed E-state index contributed by atoms with van der Waals surface area (Å²) < 4.78 is 0. The molecule has 0 aromatic heterocycles. The molecule has 0 aliphatic heterocycles. The van der Waals surface area contributed by atoms with Gasteiger partial charge >= 0.3 is 0 Å². The average Bonchev–Trinajstić information content (AvgIpc) is 3.13. The van der Waals surface area contributed by atoms with Gasteiger partial charge in [0, 0.05) is 0 Å². The number of unbranched alkanes of at least 4 members (excludes halogenated alkanes) is 25. The molecule has 0 aromatic carbocycles. The molecule has 51 heavy (non-hydrogen) atoms. The lowest BCUT2D eigenvalue weighted by Crippen LogP contribution is -2.48. The van der Waals surface area contributed by atoms with Gasteiger partial charge in [-0.15, -0.1) is 0 Å². The van der Waals surface area contributed by atoms with Gasteiger partial charge in [-0.05, 0) is 70.6 Å². The van der Waals surface area contributed by atoms with Crippen LogP contribution in [0.2, 0.25) is 0 Å². The summed E-state index contributed by atoms with van der Waals surface area (Å²) in [4.78, 5) is 12.4. The first-order chi connectivity index (χ1) is 25.1. The van der Waals surface area contributed by atoms with Gasteiger partial charge in [-0.25, -0.2) is 0 Å². The number of nitrogens with one attached hydrogen (secondary N) is 1. The molecule has 1 amide bonds. The van der Waals surface area contributed by atoms with Crippen LogP contribution in [0.4, 0.5) is 0 Å². The van der Waals surface area contributed by atoms with Crippen LogP contribution in [0.1, 0.15) is 213 Å². The molecule has 0 aromatic rings. The predicted octanol–water partition coefficient (Wildman–Crippen LogP) is 12.5. The van der Waals surface area contributed by atoms with Crippen LogP contribution < -0.4 is 5.32 Å². The summed E-state index contributed by atoms with van der Waals surface area (Å²) >= 11 is 0. The molecule has 0 fully saturated rings. The molecule has 0 saturated heterocycles. The van der Waals surface area contributed by atoms with E-state index in [0.717, 1.165) is 44.9 Å². The maximum atomic E-state index is 12.4. The van der Waals surface area contributed by atoms with Crippen molar-refractivity contribution in [2.24, 2.45) is 0 Å². The van der Waals surface area contributed by atoms with Gasteiger partial charge in [-0.2, -0.15) is 0 Å². The summed E-state index contributed by atoms with van der Waals surface area (Å²) in [6.45, 7) is 4.15. The lowest BCUT2D eigenvalue weighted by atomic mass is 10.0. The average molecular weight is 716 g/mol. The zero-order valence-electron chi connectivity index (χ0n) is 33.7. The lowest BCUT2D eigenvalue weighted by molar-refractivity contribution is -0.131. The van der Waals surface area contributed by atoms with Crippen LogP contribution in [0.15, 0.2) is 48.6 Å². The van der Waals surface area contributed by atoms with Crippen molar-refractivity contribution in [3.05, 3.63) is 48.6 Å². The summed E-state index contributed by atoms with van der Waals surface area (Å²) in [5, 5.41) is 33.1. The number of amides is 1. The highest BCUT2D eigenvalue weighted by molar-refractivity contribution is 5.80. The third-order valence-corrected chi connectivity index (χ3v) is 9.87. The van der Waals surface area contributed by atoms with Gasteiger partial charge in [0.25, 0.3) is 0 Å². The van der Waals surface area contributed by atoms with Gasteiger partial charge in [0.15, 0.2) is 0 Å². The highest BCUT2D eigenvalue weighted by Gasteiger charge is 2.22. The molecule has 0 saturated carbocycles. The smallest absolute Gasteiger partial charge is 0.249 e. The number of rotatable bonds is 39. The lowest BCUT2D eigenvalue weighted by Gasteiger charge is -2.21. The Morgan fingerprint density at radius 2 is 0.804 bits per heavy atom. The first kappa shape index (κ1) is 49.3. The van der Waals surface area contributed by atoms with E-state index < -0.39 is 24.2 Å². The number of allylic oxidation sites excluding steroid dienone is 7. The van der Waals surface area contributed by atoms with Crippen molar-refractivity contribution in [1.29, 1.82) is 0 Å². The van der Waals surface area contributed by atoms with Gasteiger partial charge in [0.2, 0.25) is 5.91 Å². The molecule has 4 N–H and O–H groups in total. The minimum absolute atomic E-state index is 0.384. The van der Waals surface area contributed by atoms with Gasteiger partial charge in [0.1, 0.15) is 6.10 Å². The van der Waals surface area contributed by atoms with E-state index in [2.05, 4.69) is 55.6 Å². The fraction of sp³-hybridized carbons (Fsp3) is 0.804. The van der Waals surface area contributed by atoms with Crippen LogP contribution in [0.3, 0.4) is 0 Å². The molecule has 0 spiro atoms. The third kappa shape index (κ3) is 36.5. The SMILES string of the molecule is CCCCCCC/C=C/CC/C=C/CC/C=C/C(O)C(CO)NC(=O)C(O)CCCCCCCC/C=C\CCCCCCCCCCCCCC. The van der Waals surface area contributed by atoms with E-state index in [0.29, 0.717) is 6.42 Å². The zero-order chi connectivity index (χ0) is 37.3. The van der Waals surface area contributed by atoms with Crippen molar-refractivity contribution in [3.63, 3.8) is 0 Å². The molecule has 5 heteroatoms. The number of hydrogen-bond donors (Lipinski definition) is 4. The normalized spacial score (nSPS) is 14.1. The Bertz CT molecular complexity index is 835. The summed E-state index contributed by atoms with van der Waals surface area (Å²) in [5.74, 6) is -0.523. The highest BCUT2D eigenvalue weighted by Crippen LogP contribution is 2.14. The number of aliphatic hydroxyl groups excluding tert-OH is 3. The Balaban J connectivity index is 3.73. The van der Waals surface area contributed by atoms with Gasteiger partial charge in [0.05, 0.1) is 18.8 Å². The third-order valence-electron chi connectivity index (χ3n) is 9.87. The summed E-state index contributed by atoms with van der Waals surface area (Å²) in [5.41, 5.74) is 0. The van der Waals surface area contributed by atoms with Crippen LogP contribution in [-0.4, -0.2) is 46.1 Å². The Labute approximate surface area is 316 Å². The highest BCUT2D eigenvalue weighted by atomic mass is 16.3. The largest absolute Gasteiger partial charge is 0.394 e. The monoisotopic (exact) mass is 716 g/mol. The zero-order valence-corrected chi connectivity index (χ0v) is 33.7. The standard InChI is InChI=1S/C46H85NO4/c1-3-5-7-9-11-13-15-17-19-20-21-22-23-24-25-27-29-31-33-35-37-39-41-45(50)46(51)47-43(42-48)44(49)40-38-36-34-32-30-28-26-18-16-14-12-10-8-6-4-2/h16,18,24-25,30,32,38,40,43-45,48-50H,3-15,17,19-23,26-29,31,33-37,39,41-42H2,1-2H3,(H,47,51)/b18-16+,25-24-,32-30+,40-38+. The molecular formula is C46H85NO4. The fourth-order valence-electron chi connectivity index (χ4n) is 6.39. The second kappa shape index (κ2) is 41.1. The van der Waals surface area contributed by atoms with Crippen LogP contribution >= 0.6 is 0 Å². The van der Waals surface area contributed by atoms with Crippen molar-refractivity contribution < 1.29 is 20.1 Å². The second-order valence-corrected chi connectivity index (χ2v) is 14.9. The van der Waals surface area contributed by atoms with Crippen molar-refractivity contribution >= 4 is 5.91 Å². The molecule has 0 rings (SSSR count). The summed E-state index contributed by atoms with van der Waals surface area (Å²) in [6.07, 6.45) is 52.9. The number of hydrogen-bond acceptors (Lipinski definition) is 4. The number of aliphatic hydroxyl groups is 3. The molecule has 0 bridgehead atoms. The molecule has 0 heterocycles. The van der Waals surface area contributed by atoms with Crippen molar-refractivity contribution in [1.82, 2.24) is 5.32 Å². The Hall–Kier alpha value is -1.69. The van der Waals surface area contributed by atoms with Crippen molar-refractivity contribution in [3.8, 4) is 0 Å². The Morgan fingerprint density at radius 3 is 1.20 bits per heavy atom. The quantitative estimate of drug-likeness (QED) is 0.0377. The number of carbonyl (C=O) groups excluding carboxylic acids is 1. The maximum Gasteiger partial charge on any atom is 0.249 e. The topological polar surface area (TPSA) is 89.8 Å². The minimum Gasteiger partial charge on any atom is -0.394 e. The van der Waals surface area contributed by atoms with Crippen LogP contribution in [0, 0.1) is 0 Å². The molecule has 0 aliphatic rings. The van der Waals surface area contributed by atoms with Crippen molar-refractivity contribution in [2.45, 2.75) is 231 Å². The Morgan fingerprint density at radius 1 is 0.471 bits per heavy atom. The predicted molar refractivity (Wildman–Crippen MR) is 222 cm³/mol. The first-order valence-corrected chi connectivity index (χ1v) is 22.0. The van der Waals surface area contributed by atoms with E-state index in [1.165, 1.54) is 148 Å². The number of carbonyl (C=O) groups is 1. The minimum atomic E-state index is -1.11. The van der Waals surface area contributed by atoms with Crippen LogP contribution in [0.5, 0.6) is 0 Å². The van der Waals surface area contributed by atoms with E-state index in [1.54, 1.807) is 6.08 Å². The molecule has 298 valence electrons. The van der Waals surface area contributed by atoms with Crippen LogP contribution in [0.25, 0.3) is 0 Å². The first-order valence-electron chi connectivity index (χ1n) is 22.0. The molecule has 0 aliphatic carbocycles. The molecule has 3 atom stereocenters. The molecule has 5 nitrogen and oxygen atoms in total. The van der Waals surface area contributed by atoms with Gasteiger partial charge in [-0.1, -0.05) is 191 Å². The molecule has 3 unspecified atom stereocenters. The summed E-state index contributed by atoms with van der Waals surface area (Å²) in [7, 11) is 0. The van der Waals surface area contributed by atoms with Crippen LogP contribution in [-0.2, 0) is 4.79 Å². The molecular weight excluding hydrogens is 631 g/mol. The summed E-state index contributed by atoms with van der Waals surface area (Å²) in [6, 6.07) is -0.823. The fourth-order valence-corrected chi connectivity index (χ4v) is 6.39. The second-order valence-electron chi connectivity index (χ2n) is 14.9. The van der Waals surface area contributed by atoms with E-state index in [-0.39, 0.29) is 6.61 Å². The maximum absolute atomic E-state index is 12.4. The van der Waals surface area contributed by atoms with Gasteiger partial charge < -0.3 is 20.6 Å². The van der Waals surface area contributed by atoms with Gasteiger partial charge in [-0.3, -0.25) is 4.79 Å². The van der Waals surface area contributed by atoms with Crippen molar-refractivity contribution in [2.75, 3.05) is 6.61 Å². The Kier molecular flexibility index (Phi) is 39.7. The molecule has 0 radical (unpaired) electrons.